The number of fused-ring (bicyclic) bond motifs is 1. The lowest BCUT2D eigenvalue weighted by Gasteiger charge is -2.26. The Morgan fingerprint density at radius 2 is 2.25 bits per heavy atom. The molecule has 24 heavy (non-hydrogen) atoms. The summed E-state index contributed by atoms with van der Waals surface area (Å²) in [5.74, 6) is 0.978. The van der Waals surface area contributed by atoms with Crippen molar-refractivity contribution in [3.05, 3.63) is 54.1 Å². The third-order valence-corrected chi connectivity index (χ3v) is 4.36. The lowest BCUT2D eigenvalue weighted by atomic mass is 9.93. The highest BCUT2D eigenvalue weighted by Gasteiger charge is 2.17. The molecule has 3 rings (SSSR count). The summed E-state index contributed by atoms with van der Waals surface area (Å²) >= 11 is 0. The molecular formula is C19H25N5. The first kappa shape index (κ1) is 16.3. The van der Waals surface area contributed by atoms with Gasteiger partial charge >= 0.3 is 0 Å². The number of hydrogen-bond donors (Lipinski definition) is 2. The summed E-state index contributed by atoms with van der Waals surface area (Å²) in [6.07, 6.45) is 9.16. The maximum Gasteiger partial charge on any atom is 0.118 e. The first-order valence-electron chi connectivity index (χ1n) is 8.49. The molecule has 0 amide bonds. The Kier molecular flexibility index (Phi) is 4.69. The molecule has 0 unspecified atom stereocenters. The van der Waals surface area contributed by atoms with Crippen molar-refractivity contribution in [3.8, 4) is 0 Å². The predicted molar refractivity (Wildman–Crippen MR) is 99.9 cm³/mol. The van der Waals surface area contributed by atoms with Gasteiger partial charge in [0.25, 0.3) is 0 Å². The Morgan fingerprint density at radius 1 is 1.46 bits per heavy atom. The summed E-state index contributed by atoms with van der Waals surface area (Å²) in [5, 5.41) is 7.96. The molecule has 2 aromatic heterocycles. The van der Waals surface area contributed by atoms with E-state index in [-0.39, 0.29) is 0 Å². The minimum absolute atomic E-state index is 0.291. The van der Waals surface area contributed by atoms with E-state index < -0.39 is 0 Å². The summed E-state index contributed by atoms with van der Waals surface area (Å²) < 4.78 is 1.87. The van der Waals surface area contributed by atoms with E-state index in [0.717, 1.165) is 16.8 Å². The van der Waals surface area contributed by atoms with Gasteiger partial charge in [-0.1, -0.05) is 26.5 Å². The molecular weight excluding hydrogens is 298 g/mol. The lowest BCUT2D eigenvalue weighted by Crippen LogP contribution is -2.33. The van der Waals surface area contributed by atoms with Crippen LogP contribution < -0.4 is 11.1 Å². The highest BCUT2D eigenvalue weighted by Crippen LogP contribution is 2.26. The van der Waals surface area contributed by atoms with Crippen LogP contribution in [0, 0.1) is 0 Å². The monoisotopic (exact) mass is 323 g/mol. The number of nitrogens with zero attached hydrogens (tertiary/aromatic N) is 3. The quantitative estimate of drug-likeness (QED) is 0.800. The molecule has 1 aliphatic carbocycles. The maximum absolute atomic E-state index is 6.34. The van der Waals surface area contributed by atoms with E-state index in [0.29, 0.717) is 23.5 Å². The third kappa shape index (κ3) is 3.35. The van der Waals surface area contributed by atoms with Crippen LogP contribution in [0.15, 0.2) is 47.9 Å². The van der Waals surface area contributed by atoms with Crippen LogP contribution in [0.25, 0.3) is 11.2 Å². The van der Waals surface area contributed by atoms with Crippen LogP contribution in [-0.2, 0) is 0 Å². The van der Waals surface area contributed by atoms with Crippen LogP contribution in [0.3, 0.4) is 0 Å². The van der Waals surface area contributed by atoms with Gasteiger partial charge in [0.1, 0.15) is 5.82 Å². The standard InChI is InChI=1S/C19H25N5/c1-13(2)19-18(17-9-4-5-12-24(17)23-19)16(20)10-11-21-14(3)22-15-7-6-8-15/h4-5,9-13,15,22H,3,6-8,20H2,1-2H3/b16-10-,21-11?. The van der Waals surface area contributed by atoms with E-state index in [4.69, 9.17) is 5.73 Å². The number of nitrogens with one attached hydrogen (secondary N) is 1. The molecule has 2 heterocycles. The van der Waals surface area contributed by atoms with Crippen LogP contribution in [0.5, 0.6) is 0 Å². The maximum atomic E-state index is 6.34. The zero-order chi connectivity index (χ0) is 17.1. The number of nitrogens with two attached hydrogens (primary N) is 1. The Hall–Kier alpha value is -2.56. The van der Waals surface area contributed by atoms with Crippen LogP contribution in [0.1, 0.15) is 50.3 Å². The lowest BCUT2D eigenvalue weighted by molar-refractivity contribution is 0.364. The summed E-state index contributed by atoms with van der Waals surface area (Å²) in [6, 6.07) is 6.52. The number of allylic oxidation sites excluding steroid dienone is 1. The largest absolute Gasteiger partial charge is 0.398 e. The molecule has 0 aromatic carbocycles. The van der Waals surface area contributed by atoms with Crippen molar-refractivity contribution in [2.24, 2.45) is 10.7 Å². The highest BCUT2D eigenvalue weighted by atomic mass is 15.2. The van der Waals surface area contributed by atoms with Gasteiger partial charge in [0, 0.05) is 29.7 Å². The van der Waals surface area contributed by atoms with E-state index in [9.17, 15) is 0 Å². The molecule has 1 aliphatic rings. The fraction of sp³-hybridized carbons (Fsp3) is 0.368. The molecule has 126 valence electrons. The molecule has 2 aromatic rings. The smallest absolute Gasteiger partial charge is 0.118 e. The molecule has 0 saturated heterocycles. The minimum atomic E-state index is 0.291. The summed E-state index contributed by atoms with van der Waals surface area (Å²) in [7, 11) is 0. The van der Waals surface area contributed by atoms with Gasteiger partial charge in [-0.05, 0) is 43.4 Å². The molecule has 5 heteroatoms. The summed E-state index contributed by atoms with van der Waals surface area (Å²) in [5.41, 5.74) is 9.99. The Labute approximate surface area is 143 Å². The predicted octanol–water partition coefficient (Wildman–Crippen LogP) is 3.44. The first-order chi connectivity index (χ1) is 11.6. The SMILES string of the molecule is C=C(N=C/C=C(\N)c1c(C(C)C)nn2ccccc12)NC1CCC1. The average Bonchev–Trinajstić information content (AvgIpc) is 2.90. The Morgan fingerprint density at radius 3 is 2.92 bits per heavy atom. The third-order valence-electron chi connectivity index (χ3n) is 4.36. The fourth-order valence-electron chi connectivity index (χ4n) is 2.83. The first-order valence-corrected chi connectivity index (χ1v) is 8.49. The normalized spacial score (nSPS) is 16.0. The molecule has 0 spiro atoms. The zero-order valence-corrected chi connectivity index (χ0v) is 14.4. The van der Waals surface area contributed by atoms with Crippen molar-refractivity contribution in [2.75, 3.05) is 0 Å². The van der Waals surface area contributed by atoms with Gasteiger partial charge in [-0.2, -0.15) is 5.10 Å². The minimum Gasteiger partial charge on any atom is -0.398 e. The Balaban J connectivity index is 1.83. The summed E-state index contributed by atoms with van der Waals surface area (Å²) in [6.45, 7) is 8.18. The van der Waals surface area contributed by atoms with Gasteiger partial charge in [0.05, 0.1) is 11.2 Å². The molecule has 3 N–H and O–H groups in total. The van der Waals surface area contributed by atoms with E-state index in [1.165, 1.54) is 19.3 Å². The second-order valence-corrected chi connectivity index (χ2v) is 6.56. The van der Waals surface area contributed by atoms with Crippen molar-refractivity contribution in [2.45, 2.75) is 45.1 Å². The van der Waals surface area contributed by atoms with E-state index in [2.05, 4.69) is 35.8 Å². The topological polar surface area (TPSA) is 67.7 Å². The second kappa shape index (κ2) is 6.91. The molecule has 0 aliphatic heterocycles. The van der Waals surface area contributed by atoms with Gasteiger partial charge in [-0.3, -0.25) is 0 Å². The van der Waals surface area contributed by atoms with Crippen molar-refractivity contribution >= 4 is 17.4 Å². The highest BCUT2D eigenvalue weighted by molar-refractivity contribution is 5.89. The zero-order valence-electron chi connectivity index (χ0n) is 14.4. The van der Waals surface area contributed by atoms with Crippen molar-refractivity contribution in [3.63, 3.8) is 0 Å². The van der Waals surface area contributed by atoms with Crippen LogP contribution in [-0.4, -0.2) is 21.9 Å². The van der Waals surface area contributed by atoms with Gasteiger partial charge in [-0.25, -0.2) is 9.51 Å². The van der Waals surface area contributed by atoms with E-state index in [1.807, 2.05) is 35.0 Å². The number of aromatic nitrogens is 2. The number of hydrogen-bond acceptors (Lipinski definition) is 4. The van der Waals surface area contributed by atoms with Gasteiger partial charge in [0.2, 0.25) is 0 Å². The van der Waals surface area contributed by atoms with Gasteiger partial charge < -0.3 is 11.1 Å². The molecule has 1 saturated carbocycles. The average molecular weight is 323 g/mol. The van der Waals surface area contributed by atoms with E-state index >= 15 is 0 Å². The molecule has 0 bridgehead atoms. The van der Waals surface area contributed by atoms with Gasteiger partial charge in [0.15, 0.2) is 0 Å². The van der Waals surface area contributed by atoms with Crippen LogP contribution >= 0.6 is 0 Å². The molecule has 1 fully saturated rings. The van der Waals surface area contributed by atoms with Gasteiger partial charge in [-0.15, -0.1) is 0 Å². The number of rotatable bonds is 6. The van der Waals surface area contributed by atoms with E-state index in [1.54, 1.807) is 6.21 Å². The Bertz CT molecular complexity index is 793. The molecule has 0 radical (unpaired) electrons. The number of pyridine rings is 1. The van der Waals surface area contributed by atoms with Crippen LogP contribution in [0.2, 0.25) is 0 Å². The second-order valence-electron chi connectivity index (χ2n) is 6.56. The fourth-order valence-corrected chi connectivity index (χ4v) is 2.83. The van der Waals surface area contributed by atoms with Crippen LogP contribution in [0.4, 0.5) is 0 Å². The van der Waals surface area contributed by atoms with Crippen molar-refractivity contribution in [1.82, 2.24) is 14.9 Å². The number of aliphatic imine (C=N–C) groups is 1. The summed E-state index contributed by atoms with van der Waals surface area (Å²) in [4.78, 5) is 4.34. The van der Waals surface area contributed by atoms with Crippen molar-refractivity contribution < 1.29 is 0 Å². The molecule has 0 atom stereocenters. The van der Waals surface area contributed by atoms with Crippen molar-refractivity contribution in [1.29, 1.82) is 0 Å². The molecule has 5 nitrogen and oxygen atoms in total.